The largest absolute Gasteiger partial charge is 0.430 e. The van der Waals surface area contributed by atoms with Crippen molar-refractivity contribution >= 4 is 11.8 Å². The SMILES string of the molecule is NC(=O)ON=C1CN2CCC1CC2. The maximum atomic E-state index is 10.3. The normalized spacial score (nSPS) is 34.9. The van der Waals surface area contributed by atoms with Crippen LogP contribution in [0.15, 0.2) is 5.16 Å². The summed E-state index contributed by atoms with van der Waals surface area (Å²) in [6.45, 7) is 3.11. The molecule has 5 nitrogen and oxygen atoms in total. The number of carbonyl (C=O) groups excluding carboxylic acids is 1. The standard InChI is InChI=1S/C8H13N3O2/c9-8(12)13-10-7-5-11-3-1-6(7)2-4-11/h6H,1-5H2,(H2,9,12). The number of amides is 1. The van der Waals surface area contributed by atoms with Gasteiger partial charge in [-0.05, 0) is 25.9 Å². The first-order valence-electron chi connectivity index (χ1n) is 4.51. The summed E-state index contributed by atoms with van der Waals surface area (Å²) in [7, 11) is 0. The highest BCUT2D eigenvalue weighted by molar-refractivity contribution is 5.90. The van der Waals surface area contributed by atoms with Crippen molar-refractivity contribution in [2.75, 3.05) is 19.6 Å². The molecule has 2 bridgehead atoms. The lowest BCUT2D eigenvalue weighted by molar-refractivity contribution is 0.151. The van der Waals surface area contributed by atoms with E-state index in [1.54, 1.807) is 0 Å². The molecule has 0 atom stereocenters. The van der Waals surface area contributed by atoms with Crippen LogP contribution in [-0.2, 0) is 4.84 Å². The zero-order valence-corrected chi connectivity index (χ0v) is 7.40. The number of rotatable bonds is 1. The second-order valence-electron chi connectivity index (χ2n) is 3.54. The number of fused-ring (bicyclic) bond motifs is 3. The molecule has 0 aromatic carbocycles. The molecule has 0 aliphatic carbocycles. The Morgan fingerprint density at radius 1 is 1.54 bits per heavy atom. The van der Waals surface area contributed by atoms with Crippen molar-refractivity contribution in [2.45, 2.75) is 12.8 Å². The molecule has 72 valence electrons. The number of oxime groups is 1. The average molecular weight is 183 g/mol. The summed E-state index contributed by atoms with van der Waals surface area (Å²) in [5, 5.41) is 3.77. The predicted molar refractivity (Wildman–Crippen MR) is 47.3 cm³/mol. The third-order valence-corrected chi connectivity index (χ3v) is 2.70. The third-order valence-electron chi connectivity index (χ3n) is 2.70. The minimum Gasteiger partial charge on any atom is -0.333 e. The zero-order valence-electron chi connectivity index (χ0n) is 7.40. The van der Waals surface area contributed by atoms with E-state index in [2.05, 4.69) is 14.9 Å². The van der Waals surface area contributed by atoms with Crippen LogP contribution < -0.4 is 5.73 Å². The molecule has 3 heterocycles. The van der Waals surface area contributed by atoms with E-state index in [0.717, 1.165) is 38.2 Å². The molecule has 0 aromatic rings. The molecule has 1 amide bonds. The fourth-order valence-electron chi connectivity index (χ4n) is 1.99. The Morgan fingerprint density at radius 3 is 2.69 bits per heavy atom. The number of piperidine rings is 3. The van der Waals surface area contributed by atoms with E-state index >= 15 is 0 Å². The molecule has 5 heteroatoms. The molecule has 0 aromatic heterocycles. The van der Waals surface area contributed by atoms with Gasteiger partial charge in [0.05, 0.1) is 5.71 Å². The van der Waals surface area contributed by atoms with Gasteiger partial charge in [0.2, 0.25) is 0 Å². The van der Waals surface area contributed by atoms with Crippen LogP contribution in [0.25, 0.3) is 0 Å². The van der Waals surface area contributed by atoms with Gasteiger partial charge in [-0.25, -0.2) is 4.79 Å². The van der Waals surface area contributed by atoms with Gasteiger partial charge in [-0.15, -0.1) is 0 Å². The fraction of sp³-hybridized carbons (Fsp3) is 0.750. The van der Waals surface area contributed by atoms with Gasteiger partial charge in [-0.2, -0.15) is 0 Å². The Morgan fingerprint density at radius 2 is 2.23 bits per heavy atom. The minimum absolute atomic E-state index is 0.504. The molecule has 3 saturated heterocycles. The summed E-state index contributed by atoms with van der Waals surface area (Å²) in [6.07, 6.45) is 1.42. The fourth-order valence-corrected chi connectivity index (χ4v) is 1.99. The van der Waals surface area contributed by atoms with E-state index in [1.165, 1.54) is 0 Å². The van der Waals surface area contributed by atoms with Crippen molar-refractivity contribution in [1.29, 1.82) is 0 Å². The molecule has 0 radical (unpaired) electrons. The van der Waals surface area contributed by atoms with Crippen LogP contribution in [0.2, 0.25) is 0 Å². The summed E-state index contributed by atoms with van der Waals surface area (Å²) < 4.78 is 0. The van der Waals surface area contributed by atoms with Crippen LogP contribution in [0.4, 0.5) is 4.79 Å². The average Bonchev–Trinajstić information content (AvgIpc) is 2.17. The first-order valence-corrected chi connectivity index (χ1v) is 4.51. The van der Waals surface area contributed by atoms with Crippen LogP contribution in [0.5, 0.6) is 0 Å². The van der Waals surface area contributed by atoms with Crippen LogP contribution in [0, 0.1) is 5.92 Å². The quantitative estimate of drug-likeness (QED) is 0.465. The number of hydrogen-bond donors (Lipinski definition) is 1. The van der Waals surface area contributed by atoms with Crippen LogP contribution in [0.1, 0.15) is 12.8 Å². The van der Waals surface area contributed by atoms with Crippen molar-refractivity contribution in [3.63, 3.8) is 0 Å². The van der Waals surface area contributed by atoms with E-state index in [-0.39, 0.29) is 0 Å². The maximum absolute atomic E-state index is 10.3. The lowest BCUT2D eigenvalue weighted by Crippen LogP contribution is -2.48. The number of nitrogens with zero attached hydrogens (tertiary/aromatic N) is 2. The molecule has 3 aliphatic rings. The third kappa shape index (κ3) is 1.80. The Hall–Kier alpha value is -1.10. The minimum atomic E-state index is -0.830. The second-order valence-corrected chi connectivity index (χ2v) is 3.54. The van der Waals surface area contributed by atoms with Crippen molar-refractivity contribution < 1.29 is 9.63 Å². The predicted octanol–water partition coefficient (Wildman–Crippen LogP) is 0.163. The topological polar surface area (TPSA) is 67.9 Å². The Labute approximate surface area is 76.5 Å². The number of hydrogen-bond acceptors (Lipinski definition) is 4. The van der Waals surface area contributed by atoms with Crippen LogP contribution in [-0.4, -0.2) is 36.3 Å². The van der Waals surface area contributed by atoms with E-state index in [4.69, 9.17) is 5.73 Å². The molecule has 13 heavy (non-hydrogen) atoms. The number of primary amides is 1. The van der Waals surface area contributed by atoms with E-state index in [1.807, 2.05) is 0 Å². The number of nitrogens with two attached hydrogens (primary N) is 1. The summed E-state index contributed by atoms with van der Waals surface area (Å²) in [4.78, 5) is 17.1. The summed E-state index contributed by atoms with van der Waals surface area (Å²) in [5.41, 5.74) is 5.79. The Bertz CT molecular complexity index is 244. The highest BCUT2D eigenvalue weighted by Crippen LogP contribution is 2.25. The molecule has 0 unspecified atom stereocenters. The lowest BCUT2D eigenvalue weighted by Gasteiger charge is -2.39. The van der Waals surface area contributed by atoms with Crippen molar-refractivity contribution in [2.24, 2.45) is 16.8 Å². The molecule has 3 rings (SSSR count). The maximum Gasteiger partial charge on any atom is 0.430 e. The lowest BCUT2D eigenvalue weighted by atomic mass is 9.87. The molecule has 0 saturated carbocycles. The van der Waals surface area contributed by atoms with Gasteiger partial charge < -0.3 is 5.73 Å². The highest BCUT2D eigenvalue weighted by Gasteiger charge is 2.31. The van der Waals surface area contributed by atoms with Gasteiger partial charge >= 0.3 is 6.09 Å². The first-order chi connectivity index (χ1) is 6.25. The van der Waals surface area contributed by atoms with Gasteiger partial charge in [0.15, 0.2) is 0 Å². The van der Waals surface area contributed by atoms with Crippen LogP contribution >= 0.6 is 0 Å². The summed E-state index contributed by atoms with van der Waals surface area (Å²) >= 11 is 0. The van der Waals surface area contributed by atoms with Gasteiger partial charge in [-0.1, -0.05) is 5.16 Å². The Kier molecular flexibility index (Phi) is 2.18. The monoisotopic (exact) mass is 183 g/mol. The molecular formula is C8H13N3O2. The van der Waals surface area contributed by atoms with Crippen molar-refractivity contribution in [3.05, 3.63) is 0 Å². The first kappa shape index (κ1) is 8.50. The van der Waals surface area contributed by atoms with E-state index < -0.39 is 6.09 Å². The van der Waals surface area contributed by atoms with Gasteiger partial charge in [0.1, 0.15) is 0 Å². The van der Waals surface area contributed by atoms with Crippen LogP contribution in [0.3, 0.4) is 0 Å². The highest BCUT2D eigenvalue weighted by atomic mass is 16.7. The molecular weight excluding hydrogens is 170 g/mol. The molecule has 3 aliphatic heterocycles. The molecule has 2 N–H and O–H groups in total. The molecule has 0 spiro atoms. The zero-order chi connectivity index (χ0) is 9.26. The van der Waals surface area contributed by atoms with Crippen molar-refractivity contribution in [3.8, 4) is 0 Å². The summed E-state index contributed by atoms with van der Waals surface area (Å²) in [5.74, 6) is 0.504. The van der Waals surface area contributed by atoms with Crippen molar-refractivity contribution in [1.82, 2.24) is 4.90 Å². The number of carbonyl (C=O) groups is 1. The second kappa shape index (κ2) is 3.33. The Balaban J connectivity index is 2.00. The van der Waals surface area contributed by atoms with E-state index in [0.29, 0.717) is 5.92 Å². The van der Waals surface area contributed by atoms with E-state index in [9.17, 15) is 4.79 Å². The van der Waals surface area contributed by atoms with Gasteiger partial charge in [-0.3, -0.25) is 9.74 Å². The van der Waals surface area contributed by atoms with Gasteiger partial charge in [0.25, 0.3) is 0 Å². The molecule has 3 fully saturated rings. The van der Waals surface area contributed by atoms with Gasteiger partial charge in [0, 0.05) is 12.5 Å². The summed E-state index contributed by atoms with van der Waals surface area (Å²) in [6, 6.07) is 0. The smallest absolute Gasteiger partial charge is 0.333 e.